The Morgan fingerprint density at radius 1 is 1.23 bits per heavy atom. The molecule has 22 heavy (non-hydrogen) atoms. The highest BCUT2D eigenvalue weighted by molar-refractivity contribution is 5.77. The Labute approximate surface area is 132 Å². The lowest BCUT2D eigenvalue weighted by atomic mass is 9.94. The lowest BCUT2D eigenvalue weighted by Crippen LogP contribution is -2.17. The molecule has 3 nitrogen and oxygen atoms in total. The summed E-state index contributed by atoms with van der Waals surface area (Å²) in [6.07, 6.45) is 1.96. The molecular formula is C19H23NO2. The van der Waals surface area contributed by atoms with E-state index in [9.17, 15) is 0 Å². The maximum Gasteiger partial charge on any atom is 0.131 e. The van der Waals surface area contributed by atoms with E-state index in [1.165, 1.54) is 22.3 Å². The van der Waals surface area contributed by atoms with E-state index in [0.717, 1.165) is 29.9 Å². The molecule has 0 amide bonds. The maximum atomic E-state index is 6.19. The SMILES string of the molecule is COc1cc2c(c(-c3cccc(C)c3C)c1)OC(CCN)C2. The zero-order valence-corrected chi connectivity index (χ0v) is 13.5. The van der Waals surface area contributed by atoms with Gasteiger partial charge in [0.2, 0.25) is 0 Å². The second kappa shape index (κ2) is 6.01. The largest absolute Gasteiger partial charge is 0.497 e. The van der Waals surface area contributed by atoms with Crippen molar-refractivity contribution in [3.8, 4) is 22.6 Å². The maximum absolute atomic E-state index is 6.19. The van der Waals surface area contributed by atoms with Crippen molar-refractivity contribution in [3.05, 3.63) is 47.0 Å². The standard InChI is InChI=1S/C19H23NO2/c1-12-5-4-6-17(13(12)2)18-11-16(21-3)10-14-9-15(7-8-20)22-19(14)18/h4-6,10-11,15H,7-9,20H2,1-3H3. The molecule has 0 saturated carbocycles. The number of ether oxygens (including phenoxy) is 2. The summed E-state index contributed by atoms with van der Waals surface area (Å²) in [6.45, 7) is 4.94. The number of methoxy groups -OCH3 is 1. The van der Waals surface area contributed by atoms with Crippen LogP contribution in [0.15, 0.2) is 30.3 Å². The first-order valence-electron chi connectivity index (χ1n) is 7.78. The van der Waals surface area contributed by atoms with Crippen molar-refractivity contribution in [1.82, 2.24) is 0 Å². The number of hydrogen-bond donors (Lipinski definition) is 1. The van der Waals surface area contributed by atoms with Crippen LogP contribution in [0, 0.1) is 13.8 Å². The van der Waals surface area contributed by atoms with Crippen molar-refractivity contribution in [2.75, 3.05) is 13.7 Å². The van der Waals surface area contributed by atoms with E-state index in [1.54, 1.807) is 7.11 Å². The number of rotatable bonds is 4. The van der Waals surface area contributed by atoms with E-state index in [0.29, 0.717) is 6.54 Å². The van der Waals surface area contributed by atoms with Crippen LogP contribution in [-0.4, -0.2) is 19.8 Å². The number of aryl methyl sites for hydroxylation is 1. The summed E-state index contributed by atoms with van der Waals surface area (Å²) in [4.78, 5) is 0. The second-order valence-corrected chi connectivity index (χ2v) is 5.93. The van der Waals surface area contributed by atoms with Crippen molar-refractivity contribution in [1.29, 1.82) is 0 Å². The molecule has 0 spiro atoms. The summed E-state index contributed by atoms with van der Waals surface area (Å²) >= 11 is 0. The van der Waals surface area contributed by atoms with Gasteiger partial charge in [0.15, 0.2) is 0 Å². The van der Waals surface area contributed by atoms with Gasteiger partial charge in [0.1, 0.15) is 17.6 Å². The van der Waals surface area contributed by atoms with Crippen LogP contribution in [-0.2, 0) is 6.42 Å². The molecule has 3 heteroatoms. The third kappa shape index (κ3) is 2.57. The molecule has 116 valence electrons. The second-order valence-electron chi connectivity index (χ2n) is 5.93. The van der Waals surface area contributed by atoms with Gasteiger partial charge in [-0.15, -0.1) is 0 Å². The predicted molar refractivity (Wildman–Crippen MR) is 89.7 cm³/mol. The van der Waals surface area contributed by atoms with E-state index in [1.807, 2.05) is 0 Å². The van der Waals surface area contributed by atoms with Crippen LogP contribution in [0.2, 0.25) is 0 Å². The third-order valence-corrected chi connectivity index (χ3v) is 4.49. The summed E-state index contributed by atoms with van der Waals surface area (Å²) < 4.78 is 11.7. The molecule has 1 aliphatic heterocycles. The zero-order valence-electron chi connectivity index (χ0n) is 13.5. The number of fused-ring (bicyclic) bond motifs is 1. The average Bonchev–Trinajstić information content (AvgIpc) is 2.92. The van der Waals surface area contributed by atoms with Gasteiger partial charge >= 0.3 is 0 Å². The highest BCUT2D eigenvalue weighted by Gasteiger charge is 2.27. The van der Waals surface area contributed by atoms with Gasteiger partial charge in [-0.25, -0.2) is 0 Å². The summed E-state index contributed by atoms with van der Waals surface area (Å²) in [5.74, 6) is 1.87. The van der Waals surface area contributed by atoms with E-state index >= 15 is 0 Å². The van der Waals surface area contributed by atoms with Crippen LogP contribution < -0.4 is 15.2 Å². The van der Waals surface area contributed by atoms with E-state index in [-0.39, 0.29) is 6.10 Å². The Kier molecular flexibility index (Phi) is 4.08. The van der Waals surface area contributed by atoms with E-state index in [4.69, 9.17) is 15.2 Å². The minimum absolute atomic E-state index is 0.177. The fourth-order valence-electron chi connectivity index (χ4n) is 3.11. The smallest absolute Gasteiger partial charge is 0.131 e. The van der Waals surface area contributed by atoms with Gasteiger partial charge in [0.25, 0.3) is 0 Å². The van der Waals surface area contributed by atoms with Crippen molar-refractivity contribution in [2.24, 2.45) is 5.73 Å². The molecular weight excluding hydrogens is 274 g/mol. The molecule has 0 radical (unpaired) electrons. The molecule has 0 aromatic heterocycles. The number of hydrogen-bond acceptors (Lipinski definition) is 3. The zero-order chi connectivity index (χ0) is 15.7. The van der Waals surface area contributed by atoms with E-state index in [2.05, 4.69) is 44.2 Å². The fraction of sp³-hybridized carbons (Fsp3) is 0.368. The van der Waals surface area contributed by atoms with Crippen LogP contribution >= 0.6 is 0 Å². The fourth-order valence-corrected chi connectivity index (χ4v) is 3.11. The first-order chi connectivity index (χ1) is 10.6. The highest BCUT2D eigenvalue weighted by Crippen LogP contribution is 2.43. The Bertz CT molecular complexity index is 694. The molecule has 0 aliphatic carbocycles. The van der Waals surface area contributed by atoms with Crippen molar-refractivity contribution in [2.45, 2.75) is 32.8 Å². The van der Waals surface area contributed by atoms with Crippen LogP contribution in [0.1, 0.15) is 23.1 Å². The topological polar surface area (TPSA) is 44.5 Å². The molecule has 1 aliphatic rings. The first-order valence-corrected chi connectivity index (χ1v) is 7.78. The summed E-state index contributed by atoms with van der Waals surface area (Å²) in [7, 11) is 1.71. The van der Waals surface area contributed by atoms with Gasteiger partial charge < -0.3 is 15.2 Å². The first kappa shape index (κ1) is 14.9. The van der Waals surface area contributed by atoms with Crippen molar-refractivity contribution >= 4 is 0 Å². The van der Waals surface area contributed by atoms with Crippen LogP contribution in [0.25, 0.3) is 11.1 Å². The summed E-state index contributed by atoms with van der Waals surface area (Å²) in [5, 5.41) is 0. The Morgan fingerprint density at radius 2 is 2.05 bits per heavy atom. The van der Waals surface area contributed by atoms with Gasteiger partial charge in [0, 0.05) is 17.5 Å². The quantitative estimate of drug-likeness (QED) is 0.937. The summed E-state index contributed by atoms with van der Waals surface area (Å²) in [5.41, 5.74) is 11.8. The lowest BCUT2D eigenvalue weighted by Gasteiger charge is -2.15. The molecule has 2 aromatic rings. The van der Waals surface area contributed by atoms with Gasteiger partial charge in [-0.2, -0.15) is 0 Å². The molecule has 1 unspecified atom stereocenters. The normalized spacial score (nSPS) is 16.3. The number of nitrogens with two attached hydrogens (primary N) is 1. The van der Waals surface area contributed by atoms with Crippen LogP contribution in [0.5, 0.6) is 11.5 Å². The summed E-state index contributed by atoms with van der Waals surface area (Å²) in [6, 6.07) is 10.5. The predicted octanol–water partition coefficient (Wildman–Crippen LogP) is 3.63. The van der Waals surface area contributed by atoms with Crippen LogP contribution in [0.4, 0.5) is 0 Å². The van der Waals surface area contributed by atoms with Crippen LogP contribution in [0.3, 0.4) is 0 Å². The monoisotopic (exact) mass is 297 g/mol. The van der Waals surface area contributed by atoms with Gasteiger partial charge in [-0.1, -0.05) is 18.2 Å². The van der Waals surface area contributed by atoms with Crippen molar-refractivity contribution in [3.63, 3.8) is 0 Å². The molecule has 2 aromatic carbocycles. The van der Waals surface area contributed by atoms with Gasteiger partial charge in [-0.3, -0.25) is 0 Å². The minimum Gasteiger partial charge on any atom is -0.497 e. The molecule has 0 saturated heterocycles. The van der Waals surface area contributed by atoms with Gasteiger partial charge in [-0.05, 0) is 55.6 Å². The lowest BCUT2D eigenvalue weighted by molar-refractivity contribution is 0.225. The molecule has 2 N–H and O–H groups in total. The molecule has 1 heterocycles. The van der Waals surface area contributed by atoms with Gasteiger partial charge in [0.05, 0.1) is 7.11 Å². The van der Waals surface area contributed by atoms with Crippen molar-refractivity contribution < 1.29 is 9.47 Å². The number of benzene rings is 2. The van der Waals surface area contributed by atoms with E-state index < -0.39 is 0 Å². The minimum atomic E-state index is 0.177. The Balaban J connectivity index is 2.12. The Hall–Kier alpha value is -2.00. The average molecular weight is 297 g/mol. The Morgan fingerprint density at radius 3 is 2.77 bits per heavy atom. The molecule has 0 fully saturated rings. The third-order valence-electron chi connectivity index (χ3n) is 4.49. The molecule has 1 atom stereocenters. The molecule has 0 bridgehead atoms. The highest BCUT2D eigenvalue weighted by atomic mass is 16.5. The molecule has 3 rings (SSSR count).